The van der Waals surface area contributed by atoms with Crippen LogP contribution in [0.3, 0.4) is 0 Å². The third-order valence-electron chi connectivity index (χ3n) is 2.92. The van der Waals surface area contributed by atoms with Crippen LogP contribution in [-0.2, 0) is 9.53 Å². The Kier molecular flexibility index (Phi) is 4.67. The Morgan fingerprint density at radius 3 is 2.59 bits per heavy atom. The molecule has 3 amide bonds. The van der Waals surface area contributed by atoms with E-state index < -0.39 is 24.0 Å². The maximum atomic E-state index is 12.0. The molecule has 2 aromatic rings. The third-order valence-corrected chi connectivity index (χ3v) is 2.92. The summed E-state index contributed by atoms with van der Waals surface area (Å²) in [7, 11) is 1.37. The number of carbonyl (C=O) groups is 3. The minimum atomic E-state index is -1.11. The van der Waals surface area contributed by atoms with Gasteiger partial charge in [-0.25, -0.2) is 14.6 Å². The predicted octanol–water partition coefficient (Wildman–Crippen LogP) is 1.24. The summed E-state index contributed by atoms with van der Waals surface area (Å²) < 4.78 is 5.00. The number of benzene rings is 1. The fourth-order valence-electron chi connectivity index (χ4n) is 1.73. The van der Waals surface area contributed by atoms with Crippen LogP contribution in [0, 0.1) is 0 Å². The second-order valence-corrected chi connectivity index (χ2v) is 4.51. The number of hydrogen-bond acceptors (Lipinski definition) is 5. The lowest BCUT2D eigenvalue weighted by atomic mass is 10.2. The third kappa shape index (κ3) is 3.57. The topological polar surface area (TPSA) is 97.4 Å². The largest absolute Gasteiger partial charge is 0.448 e. The number of fused-ring (bicyclic) bond motifs is 1. The molecule has 0 fully saturated rings. The highest BCUT2D eigenvalue weighted by molar-refractivity contribution is 5.98. The first-order chi connectivity index (χ1) is 10.5. The monoisotopic (exact) mass is 301 g/mol. The molecule has 7 nitrogen and oxygen atoms in total. The quantitative estimate of drug-likeness (QED) is 0.831. The Labute approximate surface area is 126 Å². The second-order valence-electron chi connectivity index (χ2n) is 4.51. The first-order valence-electron chi connectivity index (χ1n) is 6.60. The van der Waals surface area contributed by atoms with Crippen molar-refractivity contribution in [2.24, 2.45) is 0 Å². The summed E-state index contributed by atoms with van der Waals surface area (Å²) in [6.45, 7) is 1.37. The fraction of sp³-hybridized carbons (Fsp3) is 0.200. The van der Waals surface area contributed by atoms with E-state index in [1.807, 2.05) is 23.5 Å². The second kappa shape index (κ2) is 6.66. The molecule has 0 saturated carbocycles. The summed E-state index contributed by atoms with van der Waals surface area (Å²) in [6, 6.07) is 9.92. The van der Waals surface area contributed by atoms with Crippen molar-refractivity contribution in [1.29, 1.82) is 0 Å². The fourth-order valence-corrected chi connectivity index (χ4v) is 1.73. The smallest absolute Gasteiger partial charge is 0.357 e. The van der Waals surface area contributed by atoms with Crippen LogP contribution in [-0.4, -0.2) is 36.0 Å². The molecule has 0 aliphatic heterocycles. The Balaban J connectivity index is 2.07. The normalized spacial score (nSPS) is 11.5. The van der Waals surface area contributed by atoms with Crippen molar-refractivity contribution in [2.75, 3.05) is 7.05 Å². The van der Waals surface area contributed by atoms with E-state index in [1.54, 1.807) is 12.1 Å². The Hall–Kier alpha value is -2.96. The van der Waals surface area contributed by atoms with Crippen molar-refractivity contribution in [1.82, 2.24) is 15.6 Å². The number of carbonyl (C=O) groups excluding carboxylic acids is 3. The van der Waals surface area contributed by atoms with E-state index in [4.69, 9.17) is 4.74 Å². The van der Waals surface area contributed by atoms with Gasteiger partial charge in [-0.1, -0.05) is 24.3 Å². The molecule has 2 N–H and O–H groups in total. The van der Waals surface area contributed by atoms with Gasteiger partial charge < -0.3 is 10.1 Å². The lowest BCUT2D eigenvalue weighted by molar-refractivity contribution is -0.127. The number of imide groups is 1. The minimum Gasteiger partial charge on any atom is -0.448 e. The van der Waals surface area contributed by atoms with Crippen LogP contribution in [0.1, 0.15) is 17.4 Å². The zero-order chi connectivity index (χ0) is 16.1. The lowest BCUT2D eigenvalue weighted by Crippen LogP contribution is -2.43. The molecule has 1 unspecified atom stereocenters. The van der Waals surface area contributed by atoms with Crippen LogP contribution < -0.4 is 10.6 Å². The molecule has 2 rings (SSSR count). The Morgan fingerprint density at radius 2 is 1.86 bits per heavy atom. The number of urea groups is 1. The molecule has 0 radical (unpaired) electrons. The molecular formula is C15H15N3O4. The van der Waals surface area contributed by atoms with E-state index in [2.05, 4.69) is 10.3 Å². The van der Waals surface area contributed by atoms with Crippen molar-refractivity contribution in [3.63, 3.8) is 0 Å². The van der Waals surface area contributed by atoms with Crippen LogP contribution in [0.2, 0.25) is 0 Å². The molecule has 0 aliphatic rings. The van der Waals surface area contributed by atoms with Gasteiger partial charge in [0, 0.05) is 12.4 Å². The van der Waals surface area contributed by atoms with E-state index in [-0.39, 0.29) is 5.69 Å². The van der Waals surface area contributed by atoms with Crippen LogP contribution in [0.25, 0.3) is 10.9 Å². The first-order valence-corrected chi connectivity index (χ1v) is 6.60. The summed E-state index contributed by atoms with van der Waals surface area (Å²) in [5.41, 5.74) is 0.748. The molecule has 1 aromatic heterocycles. The average molecular weight is 301 g/mol. The van der Waals surface area contributed by atoms with Crippen LogP contribution in [0.5, 0.6) is 0 Å². The molecular weight excluding hydrogens is 286 g/mol. The number of hydrogen-bond donors (Lipinski definition) is 2. The minimum absolute atomic E-state index is 0.0956. The van der Waals surface area contributed by atoms with E-state index in [0.717, 1.165) is 5.39 Å². The maximum Gasteiger partial charge on any atom is 0.357 e. The van der Waals surface area contributed by atoms with Gasteiger partial charge in [-0.15, -0.1) is 0 Å². The highest BCUT2D eigenvalue weighted by Crippen LogP contribution is 2.12. The van der Waals surface area contributed by atoms with Gasteiger partial charge in [-0.05, 0) is 19.1 Å². The summed E-state index contributed by atoms with van der Waals surface area (Å²) in [5.74, 6) is -1.45. The molecule has 0 spiro atoms. The van der Waals surface area contributed by atoms with E-state index in [1.165, 1.54) is 20.0 Å². The van der Waals surface area contributed by atoms with Crippen molar-refractivity contribution >= 4 is 28.8 Å². The average Bonchev–Trinajstić information content (AvgIpc) is 2.53. The van der Waals surface area contributed by atoms with Gasteiger partial charge in [0.1, 0.15) is 5.69 Å². The van der Waals surface area contributed by atoms with Crippen LogP contribution >= 0.6 is 0 Å². The van der Waals surface area contributed by atoms with Gasteiger partial charge >= 0.3 is 12.0 Å². The van der Waals surface area contributed by atoms with Gasteiger partial charge in [0.2, 0.25) is 0 Å². The Morgan fingerprint density at radius 1 is 1.14 bits per heavy atom. The number of para-hydroxylation sites is 1. The number of aromatic nitrogens is 1. The molecule has 0 saturated heterocycles. The SMILES string of the molecule is CNC(=O)NC(=O)C(C)OC(=O)c1ccc2ccccc2n1. The maximum absolute atomic E-state index is 12.0. The predicted molar refractivity (Wildman–Crippen MR) is 79.2 cm³/mol. The van der Waals surface area contributed by atoms with Crippen molar-refractivity contribution in [3.05, 3.63) is 42.1 Å². The zero-order valence-corrected chi connectivity index (χ0v) is 12.1. The van der Waals surface area contributed by atoms with Crippen molar-refractivity contribution in [2.45, 2.75) is 13.0 Å². The van der Waals surface area contributed by atoms with Gasteiger partial charge in [-0.2, -0.15) is 0 Å². The molecule has 7 heteroatoms. The molecule has 1 heterocycles. The van der Waals surface area contributed by atoms with E-state index in [9.17, 15) is 14.4 Å². The zero-order valence-electron chi connectivity index (χ0n) is 12.1. The number of nitrogens with one attached hydrogen (secondary N) is 2. The molecule has 1 aromatic carbocycles. The number of nitrogens with zero attached hydrogens (tertiary/aromatic N) is 1. The molecule has 114 valence electrons. The van der Waals surface area contributed by atoms with Crippen LogP contribution in [0.4, 0.5) is 4.79 Å². The summed E-state index contributed by atoms with van der Waals surface area (Å²) in [6.07, 6.45) is -1.11. The summed E-state index contributed by atoms with van der Waals surface area (Å²) in [4.78, 5) is 38.8. The number of amides is 3. The Bertz CT molecular complexity index is 730. The highest BCUT2D eigenvalue weighted by Gasteiger charge is 2.21. The van der Waals surface area contributed by atoms with Gasteiger partial charge in [-0.3, -0.25) is 10.1 Å². The number of esters is 1. The molecule has 1 atom stereocenters. The highest BCUT2D eigenvalue weighted by atomic mass is 16.5. The number of rotatable bonds is 3. The van der Waals surface area contributed by atoms with Crippen LogP contribution in [0.15, 0.2) is 36.4 Å². The standard InChI is InChI=1S/C15H15N3O4/c1-9(13(19)18-15(21)16-2)22-14(20)12-8-7-10-5-3-4-6-11(10)17-12/h3-9H,1-2H3,(H2,16,18,19,21). The lowest BCUT2D eigenvalue weighted by Gasteiger charge is -2.12. The number of pyridine rings is 1. The molecule has 22 heavy (non-hydrogen) atoms. The van der Waals surface area contributed by atoms with Gasteiger partial charge in [0.05, 0.1) is 5.52 Å². The first kappa shape index (κ1) is 15.4. The van der Waals surface area contributed by atoms with Gasteiger partial charge in [0.25, 0.3) is 5.91 Å². The summed E-state index contributed by atoms with van der Waals surface area (Å²) >= 11 is 0. The molecule has 0 aliphatic carbocycles. The van der Waals surface area contributed by atoms with Crippen molar-refractivity contribution in [3.8, 4) is 0 Å². The van der Waals surface area contributed by atoms with Crippen molar-refractivity contribution < 1.29 is 19.1 Å². The molecule has 0 bridgehead atoms. The number of ether oxygens (including phenoxy) is 1. The van der Waals surface area contributed by atoms with E-state index in [0.29, 0.717) is 5.52 Å². The van der Waals surface area contributed by atoms with E-state index >= 15 is 0 Å². The van der Waals surface area contributed by atoms with Gasteiger partial charge in [0.15, 0.2) is 6.10 Å². The summed E-state index contributed by atoms with van der Waals surface area (Å²) in [5, 5.41) is 5.15.